The predicted molar refractivity (Wildman–Crippen MR) is 118 cm³/mol. The van der Waals surface area contributed by atoms with Gasteiger partial charge in [-0.2, -0.15) is 0 Å². The molecule has 3 aromatic carbocycles. The number of phenolic OH excluding ortho intramolecular Hbond substituents is 1. The molecule has 0 aliphatic carbocycles. The van der Waals surface area contributed by atoms with Gasteiger partial charge in [0.15, 0.2) is 0 Å². The number of aromatic hydroxyl groups is 1. The molecular formula is C25H26O2. The van der Waals surface area contributed by atoms with Crippen LogP contribution in [0.5, 0.6) is 11.5 Å². The van der Waals surface area contributed by atoms with Crippen LogP contribution in [0.25, 0.3) is 18.2 Å². The lowest BCUT2D eigenvalue weighted by Gasteiger charge is -2.01. The molecular weight excluding hydrogens is 332 g/mol. The Hall–Kier alpha value is -3.52. The number of para-hydroxylation sites is 2. The summed E-state index contributed by atoms with van der Waals surface area (Å²) < 4.78 is 5.06. The van der Waals surface area contributed by atoms with E-state index < -0.39 is 0 Å². The van der Waals surface area contributed by atoms with Gasteiger partial charge in [0.1, 0.15) is 11.5 Å². The van der Waals surface area contributed by atoms with E-state index in [9.17, 15) is 0 Å². The Balaban J connectivity index is 0.000000204. The zero-order valence-corrected chi connectivity index (χ0v) is 15.7. The molecule has 0 aliphatic rings. The Kier molecular flexibility index (Phi) is 10.2. The molecule has 0 spiro atoms. The minimum atomic E-state index is 0.285. The maximum Gasteiger partial charge on any atom is 0.126 e. The van der Waals surface area contributed by atoms with Gasteiger partial charge in [-0.3, -0.25) is 0 Å². The molecule has 0 radical (unpaired) electrons. The van der Waals surface area contributed by atoms with E-state index in [1.807, 2.05) is 72.8 Å². The van der Waals surface area contributed by atoms with Crippen LogP contribution in [-0.2, 0) is 0 Å². The van der Waals surface area contributed by atoms with Crippen molar-refractivity contribution >= 4 is 18.2 Å². The van der Waals surface area contributed by atoms with E-state index >= 15 is 0 Å². The molecule has 0 aromatic heterocycles. The monoisotopic (exact) mass is 358 g/mol. The average Bonchev–Trinajstić information content (AvgIpc) is 2.75. The van der Waals surface area contributed by atoms with Crippen molar-refractivity contribution in [3.05, 3.63) is 115 Å². The van der Waals surface area contributed by atoms with E-state index in [1.165, 1.54) is 5.56 Å². The fraction of sp³-hybridized carbons (Fsp3) is 0.0400. The number of hydrogen-bond donors (Lipinski definition) is 1. The van der Waals surface area contributed by atoms with Gasteiger partial charge in [0, 0.05) is 11.1 Å². The number of ether oxygens (including phenoxy) is 1. The minimum Gasteiger partial charge on any atom is -0.507 e. The minimum absolute atomic E-state index is 0.285. The first-order chi connectivity index (χ1) is 13.2. The number of hydrogen-bond acceptors (Lipinski definition) is 2. The molecule has 0 atom stereocenters. The van der Waals surface area contributed by atoms with Crippen molar-refractivity contribution in [2.24, 2.45) is 0 Å². The van der Waals surface area contributed by atoms with Crippen LogP contribution in [0.1, 0.15) is 16.7 Å². The Morgan fingerprint density at radius 2 is 1.19 bits per heavy atom. The summed E-state index contributed by atoms with van der Waals surface area (Å²) in [6.45, 7) is 10.8. The van der Waals surface area contributed by atoms with Gasteiger partial charge in [-0.05, 0) is 17.7 Å². The third-order valence-corrected chi connectivity index (χ3v) is 3.55. The summed E-state index contributed by atoms with van der Waals surface area (Å²) in [7, 11) is 1.66. The lowest BCUT2D eigenvalue weighted by Crippen LogP contribution is -1.84. The van der Waals surface area contributed by atoms with Gasteiger partial charge in [-0.1, -0.05) is 105 Å². The fourth-order valence-corrected chi connectivity index (χ4v) is 2.08. The highest BCUT2D eigenvalue weighted by atomic mass is 16.5. The van der Waals surface area contributed by atoms with Crippen LogP contribution in [-0.4, -0.2) is 12.2 Å². The van der Waals surface area contributed by atoms with Gasteiger partial charge < -0.3 is 9.84 Å². The van der Waals surface area contributed by atoms with E-state index in [1.54, 1.807) is 31.4 Å². The lowest BCUT2D eigenvalue weighted by atomic mass is 10.2. The summed E-state index contributed by atoms with van der Waals surface area (Å²) in [4.78, 5) is 0. The Bertz CT molecular complexity index is 836. The van der Waals surface area contributed by atoms with Crippen molar-refractivity contribution in [3.63, 3.8) is 0 Å². The first-order valence-electron chi connectivity index (χ1n) is 8.49. The second kappa shape index (κ2) is 12.8. The van der Waals surface area contributed by atoms with Crippen LogP contribution >= 0.6 is 0 Å². The smallest absolute Gasteiger partial charge is 0.126 e. The molecule has 0 bridgehead atoms. The van der Waals surface area contributed by atoms with Crippen LogP contribution in [0.4, 0.5) is 0 Å². The topological polar surface area (TPSA) is 29.5 Å². The molecule has 27 heavy (non-hydrogen) atoms. The largest absolute Gasteiger partial charge is 0.507 e. The molecule has 2 nitrogen and oxygen atoms in total. The first kappa shape index (κ1) is 21.5. The molecule has 0 saturated carbocycles. The average molecular weight is 358 g/mol. The second-order valence-electron chi connectivity index (χ2n) is 5.32. The highest BCUT2D eigenvalue weighted by molar-refractivity contribution is 5.55. The van der Waals surface area contributed by atoms with E-state index in [0.717, 1.165) is 16.9 Å². The first-order valence-corrected chi connectivity index (χ1v) is 8.49. The lowest BCUT2D eigenvalue weighted by molar-refractivity contribution is 0.414. The van der Waals surface area contributed by atoms with Crippen LogP contribution < -0.4 is 4.74 Å². The SMILES string of the molecule is C=Cc1ccccc1.C=Cc1ccccc1O.C=Cc1ccccc1OC. The summed E-state index contributed by atoms with van der Waals surface area (Å²) in [5.41, 5.74) is 2.98. The molecule has 0 unspecified atom stereocenters. The van der Waals surface area contributed by atoms with Crippen LogP contribution in [0.15, 0.2) is 98.6 Å². The summed E-state index contributed by atoms with van der Waals surface area (Å²) in [6.07, 6.45) is 5.23. The summed E-state index contributed by atoms with van der Waals surface area (Å²) in [6, 6.07) is 24.9. The van der Waals surface area contributed by atoms with Crippen molar-refractivity contribution in [3.8, 4) is 11.5 Å². The summed E-state index contributed by atoms with van der Waals surface area (Å²) in [5, 5.41) is 9.04. The zero-order chi connectivity index (χ0) is 19.9. The highest BCUT2D eigenvalue weighted by Crippen LogP contribution is 2.17. The Morgan fingerprint density at radius 1 is 0.667 bits per heavy atom. The van der Waals surface area contributed by atoms with Gasteiger partial charge in [-0.25, -0.2) is 0 Å². The third kappa shape index (κ3) is 7.93. The fourth-order valence-electron chi connectivity index (χ4n) is 2.08. The van der Waals surface area contributed by atoms with Crippen LogP contribution in [0.2, 0.25) is 0 Å². The van der Waals surface area contributed by atoms with Crippen LogP contribution in [0.3, 0.4) is 0 Å². The van der Waals surface area contributed by atoms with Gasteiger partial charge in [0.2, 0.25) is 0 Å². The Morgan fingerprint density at radius 3 is 1.59 bits per heavy atom. The molecule has 2 heteroatoms. The quantitative estimate of drug-likeness (QED) is 0.562. The number of rotatable bonds is 4. The standard InChI is InChI=1S/C9H10O.C8H8O.C8H8/c1-3-8-6-4-5-7-9(8)10-2;1-2-7-5-3-4-6-8(7)9;1-2-8-6-4-3-5-7-8/h3-7H,1H2,2H3;2-6,9H,1H2;2-7H,1H2. The van der Waals surface area contributed by atoms with Gasteiger partial charge >= 0.3 is 0 Å². The van der Waals surface area contributed by atoms with Gasteiger partial charge in [0.25, 0.3) is 0 Å². The predicted octanol–water partition coefficient (Wildman–Crippen LogP) is 6.70. The van der Waals surface area contributed by atoms with E-state index in [-0.39, 0.29) is 5.75 Å². The van der Waals surface area contributed by atoms with Gasteiger partial charge in [0.05, 0.1) is 7.11 Å². The van der Waals surface area contributed by atoms with Crippen molar-refractivity contribution < 1.29 is 9.84 Å². The molecule has 0 heterocycles. The normalized spacial score (nSPS) is 8.78. The maximum absolute atomic E-state index is 9.04. The highest BCUT2D eigenvalue weighted by Gasteiger charge is 1.93. The summed E-state index contributed by atoms with van der Waals surface area (Å²) >= 11 is 0. The van der Waals surface area contributed by atoms with Crippen molar-refractivity contribution in [1.29, 1.82) is 0 Å². The molecule has 1 N–H and O–H groups in total. The third-order valence-electron chi connectivity index (χ3n) is 3.55. The molecule has 0 aliphatic heterocycles. The number of methoxy groups -OCH3 is 1. The van der Waals surface area contributed by atoms with Crippen LogP contribution in [0, 0.1) is 0 Å². The number of phenols is 1. The summed E-state index contributed by atoms with van der Waals surface area (Å²) in [5.74, 6) is 1.16. The van der Waals surface area contributed by atoms with Crippen molar-refractivity contribution in [1.82, 2.24) is 0 Å². The number of benzene rings is 3. The van der Waals surface area contributed by atoms with E-state index in [0.29, 0.717) is 0 Å². The molecule has 3 aromatic rings. The van der Waals surface area contributed by atoms with Crippen molar-refractivity contribution in [2.45, 2.75) is 0 Å². The molecule has 0 fully saturated rings. The molecule has 138 valence electrons. The maximum atomic E-state index is 9.04. The molecule has 3 rings (SSSR count). The van der Waals surface area contributed by atoms with Gasteiger partial charge in [-0.15, -0.1) is 0 Å². The van der Waals surface area contributed by atoms with Crippen molar-refractivity contribution in [2.75, 3.05) is 7.11 Å². The van der Waals surface area contributed by atoms with E-state index in [4.69, 9.17) is 9.84 Å². The zero-order valence-electron chi connectivity index (χ0n) is 15.7. The molecule has 0 amide bonds. The Labute approximate surface area is 162 Å². The molecule has 0 saturated heterocycles. The van der Waals surface area contributed by atoms with E-state index in [2.05, 4.69) is 19.7 Å². The second-order valence-corrected chi connectivity index (χ2v) is 5.32.